The van der Waals surface area contributed by atoms with E-state index in [9.17, 15) is 4.79 Å². The molecule has 1 fully saturated rings. The number of nitrogens with zero attached hydrogens (tertiary/aromatic N) is 2. The van der Waals surface area contributed by atoms with Gasteiger partial charge in [0.25, 0.3) is 0 Å². The molecule has 4 nitrogen and oxygen atoms in total. The molecule has 0 aromatic rings. The second-order valence-electron chi connectivity index (χ2n) is 5.71. The van der Waals surface area contributed by atoms with Gasteiger partial charge >= 0.3 is 0 Å². The van der Waals surface area contributed by atoms with Gasteiger partial charge in [-0.2, -0.15) is 0 Å². The summed E-state index contributed by atoms with van der Waals surface area (Å²) in [7, 11) is 4.05. The summed E-state index contributed by atoms with van der Waals surface area (Å²) < 4.78 is 0. The first kappa shape index (κ1) is 15.4. The summed E-state index contributed by atoms with van der Waals surface area (Å²) >= 11 is 0. The van der Waals surface area contributed by atoms with Gasteiger partial charge in [0.1, 0.15) is 0 Å². The topological polar surface area (TPSA) is 49.6 Å². The third-order valence-electron chi connectivity index (χ3n) is 3.93. The molecule has 0 bridgehead atoms. The number of rotatable bonds is 6. The van der Waals surface area contributed by atoms with E-state index in [2.05, 4.69) is 18.9 Å². The first-order valence-electron chi connectivity index (χ1n) is 7.23. The van der Waals surface area contributed by atoms with E-state index in [0.717, 1.165) is 38.9 Å². The fraction of sp³-hybridized carbons (Fsp3) is 0.929. The fourth-order valence-corrected chi connectivity index (χ4v) is 2.55. The van der Waals surface area contributed by atoms with Crippen LogP contribution in [-0.4, -0.2) is 55.5 Å². The molecule has 4 heteroatoms. The van der Waals surface area contributed by atoms with Crippen LogP contribution in [0.15, 0.2) is 0 Å². The quantitative estimate of drug-likeness (QED) is 0.778. The molecule has 1 saturated heterocycles. The molecule has 2 N–H and O–H groups in total. The van der Waals surface area contributed by atoms with Gasteiger partial charge in [-0.05, 0) is 45.3 Å². The van der Waals surface area contributed by atoms with Gasteiger partial charge in [-0.15, -0.1) is 0 Å². The summed E-state index contributed by atoms with van der Waals surface area (Å²) in [5.41, 5.74) is 5.93. The lowest BCUT2D eigenvalue weighted by Crippen LogP contribution is -2.45. The summed E-state index contributed by atoms with van der Waals surface area (Å²) in [5, 5.41) is 0. The number of hydrogen-bond acceptors (Lipinski definition) is 3. The van der Waals surface area contributed by atoms with Crippen molar-refractivity contribution in [3.8, 4) is 0 Å². The molecule has 0 unspecified atom stereocenters. The first-order chi connectivity index (χ1) is 8.54. The van der Waals surface area contributed by atoms with Crippen LogP contribution in [0.2, 0.25) is 0 Å². The van der Waals surface area contributed by atoms with Gasteiger partial charge in [0.2, 0.25) is 5.91 Å². The molecule has 18 heavy (non-hydrogen) atoms. The van der Waals surface area contributed by atoms with Crippen molar-refractivity contribution in [1.82, 2.24) is 9.80 Å². The van der Waals surface area contributed by atoms with E-state index in [1.54, 1.807) is 0 Å². The summed E-state index contributed by atoms with van der Waals surface area (Å²) in [4.78, 5) is 16.3. The van der Waals surface area contributed by atoms with Gasteiger partial charge in [0.15, 0.2) is 0 Å². The SMILES string of the molecule is CCCC[C@H](N)C(=O)N(C)CC1CCN(C)CC1. The predicted molar refractivity (Wildman–Crippen MR) is 75.4 cm³/mol. The molecule has 1 aliphatic heterocycles. The molecule has 0 spiro atoms. The number of likely N-dealkylation sites (N-methyl/N-ethyl adjacent to an activating group) is 1. The number of carbonyl (C=O) groups excluding carboxylic acids is 1. The molecule has 0 aliphatic carbocycles. The third kappa shape index (κ3) is 4.94. The zero-order valence-corrected chi connectivity index (χ0v) is 12.2. The van der Waals surface area contributed by atoms with Crippen molar-refractivity contribution in [3.63, 3.8) is 0 Å². The van der Waals surface area contributed by atoms with E-state index in [0.29, 0.717) is 5.92 Å². The van der Waals surface area contributed by atoms with Crippen molar-refractivity contribution in [2.75, 3.05) is 33.7 Å². The average Bonchev–Trinajstić information content (AvgIpc) is 2.37. The molecule has 1 atom stereocenters. The molecule has 1 rings (SSSR count). The van der Waals surface area contributed by atoms with E-state index in [1.165, 1.54) is 12.8 Å². The second-order valence-corrected chi connectivity index (χ2v) is 5.71. The van der Waals surface area contributed by atoms with Crippen molar-refractivity contribution < 1.29 is 4.79 Å². The van der Waals surface area contributed by atoms with Crippen molar-refractivity contribution in [2.24, 2.45) is 11.7 Å². The minimum Gasteiger partial charge on any atom is -0.344 e. The monoisotopic (exact) mass is 255 g/mol. The Labute approximate surface area is 111 Å². The first-order valence-corrected chi connectivity index (χ1v) is 7.23. The molecule has 1 heterocycles. The van der Waals surface area contributed by atoms with Gasteiger partial charge in [0, 0.05) is 13.6 Å². The Bertz CT molecular complexity index is 249. The van der Waals surface area contributed by atoms with Crippen molar-refractivity contribution >= 4 is 5.91 Å². The highest BCUT2D eigenvalue weighted by atomic mass is 16.2. The van der Waals surface area contributed by atoms with Crippen LogP contribution in [0.1, 0.15) is 39.0 Å². The Kier molecular flexibility index (Phi) is 6.65. The summed E-state index contributed by atoms with van der Waals surface area (Å²) in [6, 6.07) is -0.304. The standard InChI is InChI=1S/C14H29N3O/c1-4-5-6-13(15)14(18)17(3)11-12-7-9-16(2)10-8-12/h12-13H,4-11,15H2,1-3H3/t13-/m0/s1. The van der Waals surface area contributed by atoms with E-state index < -0.39 is 0 Å². The van der Waals surface area contributed by atoms with Crippen LogP contribution in [0.3, 0.4) is 0 Å². The highest BCUT2D eigenvalue weighted by Crippen LogP contribution is 2.17. The predicted octanol–water partition coefficient (Wildman–Crippen LogP) is 1.30. The van der Waals surface area contributed by atoms with Crippen LogP contribution >= 0.6 is 0 Å². The number of piperidine rings is 1. The summed E-state index contributed by atoms with van der Waals surface area (Å²) in [5.74, 6) is 0.760. The van der Waals surface area contributed by atoms with Gasteiger partial charge in [-0.25, -0.2) is 0 Å². The molecular weight excluding hydrogens is 226 g/mol. The number of likely N-dealkylation sites (tertiary alicyclic amines) is 1. The molecule has 106 valence electrons. The van der Waals surface area contributed by atoms with Crippen LogP contribution in [0.25, 0.3) is 0 Å². The van der Waals surface area contributed by atoms with Gasteiger partial charge in [0.05, 0.1) is 6.04 Å². The maximum atomic E-state index is 12.1. The number of hydrogen-bond donors (Lipinski definition) is 1. The Balaban J connectivity index is 2.30. The smallest absolute Gasteiger partial charge is 0.239 e. The Hall–Kier alpha value is -0.610. The fourth-order valence-electron chi connectivity index (χ4n) is 2.55. The molecule has 0 aromatic heterocycles. The normalized spacial score (nSPS) is 19.8. The lowest BCUT2D eigenvalue weighted by molar-refractivity contribution is -0.132. The number of nitrogens with two attached hydrogens (primary N) is 1. The van der Waals surface area contributed by atoms with Crippen molar-refractivity contribution in [1.29, 1.82) is 0 Å². The molecule has 1 aliphatic rings. The lowest BCUT2D eigenvalue weighted by Gasteiger charge is -2.32. The van der Waals surface area contributed by atoms with Crippen LogP contribution in [0.4, 0.5) is 0 Å². The summed E-state index contributed by atoms with van der Waals surface area (Å²) in [6.07, 6.45) is 5.33. The van der Waals surface area contributed by atoms with Crippen LogP contribution in [0, 0.1) is 5.92 Å². The highest BCUT2D eigenvalue weighted by molar-refractivity contribution is 5.81. The maximum Gasteiger partial charge on any atom is 0.239 e. The Morgan fingerprint density at radius 1 is 1.44 bits per heavy atom. The maximum absolute atomic E-state index is 12.1. The molecule has 0 aromatic carbocycles. The van der Waals surface area contributed by atoms with E-state index in [1.807, 2.05) is 11.9 Å². The van der Waals surface area contributed by atoms with Gasteiger partial charge in [-0.1, -0.05) is 19.8 Å². The number of amides is 1. The Morgan fingerprint density at radius 2 is 2.06 bits per heavy atom. The van der Waals surface area contributed by atoms with E-state index in [4.69, 9.17) is 5.73 Å². The largest absolute Gasteiger partial charge is 0.344 e. The Morgan fingerprint density at radius 3 is 2.61 bits per heavy atom. The lowest BCUT2D eigenvalue weighted by atomic mass is 9.96. The van der Waals surface area contributed by atoms with Crippen LogP contribution in [-0.2, 0) is 4.79 Å². The van der Waals surface area contributed by atoms with Crippen LogP contribution in [0.5, 0.6) is 0 Å². The van der Waals surface area contributed by atoms with Gasteiger partial charge in [-0.3, -0.25) is 4.79 Å². The minimum absolute atomic E-state index is 0.113. The van der Waals surface area contributed by atoms with Crippen molar-refractivity contribution in [3.05, 3.63) is 0 Å². The average molecular weight is 255 g/mol. The van der Waals surface area contributed by atoms with E-state index >= 15 is 0 Å². The summed E-state index contributed by atoms with van der Waals surface area (Å²) in [6.45, 7) is 5.29. The van der Waals surface area contributed by atoms with Gasteiger partial charge < -0.3 is 15.5 Å². The number of carbonyl (C=O) groups is 1. The van der Waals surface area contributed by atoms with Crippen LogP contribution < -0.4 is 5.73 Å². The molecule has 0 saturated carbocycles. The molecule has 0 radical (unpaired) electrons. The minimum atomic E-state index is -0.304. The molecule has 1 amide bonds. The molecular formula is C14H29N3O. The second kappa shape index (κ2) is 7.74. The highest BCUT2D eigenvalue weighted by Gasteiger charge is 2.22. The van der Waals surface area contributed by atoms with E-state index in [-0.39, 0.29) is 11.9 Å². The number of unbranched alkanes of at least 4 members (excludes halogenated alkanes) is 1. The zero-order valence-electron chi connectivity index (χ0n) is 12.2. The zero-order chi connectivity index (χ0) is 13.5. The third-order valence-corrected chi connectivity index (χ3v) is 3.93. The van der Waals surface area contributed by atoms with Crippen molar-refractivity contribution in [2.45, 2.75) is 45.1 Å².